The van der Waals surface area contributed by atoms with Crippen LogP contribution in [0.25, 0.3) is 11.3 Å². The Morgan fingerprint density at radius 1 is 1.33 bits per heavy atom. The van der Waals surface area contributed by atoms with E-state index in [1.807, 2.05) is 39.0 Å². The van der Waals surface area contributed by atoms with Crippen LogP contribution in [-0.2, 0) is 4.74 Å². The molecule has 0 spiro atoms. The largest absolute Gasteiger partial charge is 0.442 e. The molecular formula is C13H15N3O2. The first-order valence-electron chi connectivity index (χ1n) is 5.65. The third-order valence-corrected chi connectivity index (χ3v) is 2.12. The Kier molecular flexibility index (Phi) is 3.14. The molecule has 2 aromatic rings. The lowest BCUT2D eigenvalue weighted by molar-refractivity contribution is 0.0514. The Balaban J connectivity index is 2.19. The van der Waals surface area contributed by atoms with Crippen LogP contribution >= 0.6 is 0 Å². The van der Waals surface area contributed by atoms with Crippen LogP contribution < -0.4 is 0 Å². The molecule has 94 valence electrons. The van der Waals surface area contributed by atoms with Crippen molar-refractivity contribution in [1.29, 1.82) is 0 Å². The Bertz CT molecular complexity index is 541. The summed E-state index contributed by atoms with van der Waals surface area (Å²) in [6.45, 7) is 5.44. The first kappa shape index (κ1) is 12.3. The summed E-state index contributed by atoms with van der Waals surface area (Å²) in [7, 11) is 0. The van der Waals surface area contributed by atoms with Gasteiger partial charge in [0.25, 0.3) is 0 Å². The summed E-state index contributed by atoms with van der Waals surface area (Å²) in [5.74, 6) is 0. The van der Waals surface area contributed by atoms with Crippen molar-refractivity contribution < 1.29 is 9.53 Å². The van der Waals surface area contributed by atoms with Crippen molar-refractivity contribution in [3.8, 4) is 11.3 Å². The van der Waals surface area contributed by atoms with E-state index in [9.17, 15) is 4.79 Å². The minimum absolute atomic E-state index is 0.496. The Hall–Kier alpha value is -2.17. The molecular weight excluding hydrogens is 230 g/mol. The third-order valence-electron chi connectivity index (χ3n) is 2.12. The van der Waals surface area contributed by atoms with Gasteiger partial charge in [-0.25, -0.2) is 4.79 Å². The van der Waals surface area contributed by atoms with Crippen molar-refractivity contribution in [3.05, 3.63) is 36.8 Å². The molecule has 0 bridgehead atoms. The molecule has 0 aliphatic rings. The van der Waals surface area contributed by atoms with Crippen LogP contribution in [0.15, 0.2) is 36.8 Å². The second-order valence-electron chi connectivity index (χ2n) is 4.87. The topological polar surface area (TPSA) is 57.0 Å². The van der Waals surface area contributed by atoms with Gasteiger partial charge in [0.2, 0.25) is 0 Å². The SMILES string of the molecule is CC(C)(C)OC(=O)n1cc(-c2ccccn2)cn1. The van der Waals surface area contributed by atoms with Gasteiger partial charge >= 0.3 is 6.09 Å². The molecule has 0 aromatic carbocycles. The Morgan fingerprint density at radius 3 is 2.72 bits per heavy atom. The first-order chi connectivity index (χ1) is 8.46. The molecule has 0 fully saturated rings. The number of aromatic nitrogens is 3. The van der Waals surface area contributed by atoms with Crippen LogP contribution in [0.3, 0.4) is 0 Å². The van der Waals surface area contributed by atoms with Gasteiger partial charge in [0.05, 0.1) is 11.9 Å². The van der Waals surface area contributed by atoms with Gasteiger partial charge in [-0.15, -0.1) is 0 Å². The zero-order valence-electron chi connectivity index (χ0n) is 10.6. The molecule has 0 aliphatic carbocycles. The average molecular weight is 245 g/mol. The van der Waals surface area contributed by atoms with Crippen LogP contribution in [0.5, 0.6) is 0 Å². The van der Waals surface area contributed by atoms with E-state index in [1.165, 1.54) is 4.68 Å². The van der Waals surface area contributed by atoms with Gasteiger partial charge in [-0.2, -0.15) is 9.78 Å². The highest BCUT2D eigenvalue weighted by molar-refractivity contribution is 5.71. The average Bonchev–Trinajstić information content (AvgIpc) is 2.77. The second kappa shape index (κ2) is 4.60. The predicted molar refractivity (Wildman–Crippen MR) is 67.1 cm³/mol. The zero-order chi connectivity index (χ0) is 13.2. The summed E-state index contributed by atoms with van der Waals surface area (Å²) in [6, 6.07) is 5.57. The summed E-state index contributed by atoms with van der Waals surface area (Å²) in [5.41, 5.74) is 1.02. The molecule has 0 amide bonds. The fourth-order valence-electron chi connectivity index (χ4n) is 1.40. The second-order valence-corrected chi connectivity index (χ2v) is 4.87. The zero-order valence-corrected chi connectivity index (χ0v) is 10.6. The quantitative estimate of drug-likeness (QED) is 0.775. The predicted octanol–water partition coefficient (Wildman–Crippen LogP) is 2.73. The normalized spacial score (nSPS) is 11.3. The van der Waals surface area contributed by atoms with Crippen molar-refractivity contribution in [2.75, 3.05) is 0 Å². The Labute approximate surface area is 105 Å². The minimum Gasteiger partial charge on any atom is -0.442 e. The number of carbonyl (C=O) groups excluding carboxylic acids is 1. The maximum absolute atomic E-state index is 11.8. The van der Waals surface area contributed by atoms with Gasteiger partial charge < -0.3 is 4.74 Å². The molecule has 0 N–H and O–H groups in total. The lowest BCUT2D eigenvalue weighted by atomic mass is 10.2. The summed E-state index contributed by atoms with van der Waals surface area (Å²) in [5, 5.41) is 3.98. The lowest BCUT2D eigenvalue weighted by Crippen LogP contribution is -2.27. The van der Waals surface area contributed by atoms with E-state index in [0.29, 0.717) is 0 Å². The number of carbonyl (C=O) groups is 1. The molecule has 2 rings (SSSR count). The van der Waals surface area contributed by atoms with E-state index >= 15 is 0 Å². The van der Waals surface area contributed by atoms with Crippen molar-refractivity contribution in [2.24, 2.45) is 0 Å². The van der Waals surface area contributed by atoms with Crippen LogP contribution in [-0.4, -0.2) is 26.5 Å². The molecule has 0 unspecified atom stereocenters. The van der Waals surface area contributed by atoms with E-state index in [2.05, 4.69) is 10.1 Å². The summed E-state index contributed by atoms with van der Waals surface area (Å²) < 4.78 is 6.39. The smallest absolute Gasteiger partial charge is 0.435 e. The van der Waals surface area contributed by atoms with Gasteiger partial charge in [0.1, 0.15) is 5.60 Å². The van der Waals surface area contributed by atoms with Gasteiger partial charge in [-0.3, -0.25) is 4.98 Å². The van der Waals surface area contributed by atoms with E-state index in [1.54, 1.807) is 18.6 Å². The molecule has 0 radical (unpaired) electrons. The van der Waals surface area contributed by atoms with Crippen LogP contribution in [0, 0.1) is 0 Å². The van der Waals surface area contributed by atoms with E-state index in [-0.39, 0.29) is 0 Å². The molecule has 0 saturated heterocycles. The molecule has 18 heavy (non-hydrogen) atoms. The molecule has 5 nitrogen and oxygen atoms in total. The monoisotopic (exact) mass is 245 g/mol. The Morgan fingerprint density at radius 2 is 2.11 bits per heavy atom. The fraction of sp³-hybridized carbons (Fsp3) is 0.308. The number of hydrogen-bond donors (Lipinski definition) is 0. The molecule has 0 aliphatic heterocycles. The van der Waals surface area contributed by atoms with Crippen LogP contribution in [0.1, 0.15) is 20.8 Å². The highest BCUT2D eigenvalue weighted by atomic mass is 16.6. The molecule has 2 heterocycles. The lowest BCUT2D eigenvalue weighted by Gasteiger charge is -2.18. The number of nitrogens with zero attached hydrogens (tertiary/aromatic N) is 3. The number of hydrogen-bond acceptors (Lipinski definition) is 4. The summed E-state index contributed by atoms with van der Waals surface area (Å²) >= 11 is 0. The maximum Gasteiger partial charge on any atom is 0.435 e. The van der Waals surface area contributed by atoms with Crippen LogP contribution in [0.4, 0.5) is 4.79 Å². The highest BCUT2D eigenvalue weighted by Gasteiger charge is 2.18. The van der Waals surface area contributed by atoms with E-state index < -0.39 is 11.7 Å². The van der Waals surface area contributed by atoms with E-state index in [0.717, 1.165) is 11.3 Å². The van der Waals surface area contributed by atoms with Crippen molar-refractivity contribution in [2.45, 2.75) is 26.4 Å². The van der Waals surface area contributed by atoms with E-state index in [4.69, 9.17) is 4.74 Å². The standard InChI is InChI=1S/C13H15N3O2/c1-13(2,3)18-12(17)16-9-10(8-15-16)11-6-4-5-7-14-11/h4-9H,1-3H3. The maximum atomic E-state index is 11.8. The van der Waals surface area contributed by atoms with Crippen molar-refractivity contribution >= 4 is 6.09 Å². The number of rotatable bonds is 1. The van der Waals surface area contributed by atoms with Crippen molar-refractivity contribution in [1.82, 2.24) is 14.8 Å². The van der Waals surface area contributed by atoms with Crippen molar-refractivity contribution in [3.63, 3.8) is 0 Å². The molecule has 0 atom stereocenters. The summed E-state index contributed by atoms with van der Waals surface area (Å²) in [6.07, 6.45) is 4.40. The molecule has 2 aromatic heterocycles. The highest BCUT2D eigenvalue weighted by Crippen LogP contribution is 2.16. The fourth-order valence-corrected chi connectivity index (χ4v) is 1.40. The third kappa shape index (κ3) is 2.94. The van der Waals surface area contributed by atoms with Gasteiger partial charge in [-0.1, -0.05) is 6.07 Å². The number of ether oxygens (including phenoxy) is 1. The number of pyridine rings is 1. The van der Waals surface area contributed by atoms with Gasteiger partial charge in [0, 0.05) is 18.0 Å². The molecule has 0 saturated carbocycles. The molecule has 5 heteroatoms. The minimum atomic E-state index is -0.534. The summed E-state index contributed by atoms with van der Waals surface area (Å²) in [4.78, 5) is 16.0. The first-order valence-corrected chi connectivity index (χ1v) is 5.65. The van der Waals surface area contributed by atoms with Gasteiger partial charge in [0.15, 0.2) is 0 Å². The van der Waals surface area contributed by atoms with Crippen LogP contribution in [0.2, 0.25) is 0 Å². The van der Waals surface area contributed by atoms with Gasteiger partial charge in [-0.05, 0) is 32.9 Å².